The van der Waals surface area contributed by atoms with Crippen LogP contribution in [0.2, 0.25) is 0 Å². The number of nitrogens with zero attached hydrogens (tertiary/aromatic N) is 4. The molecular weight excluding hydrogens is 347 g/mol. The summed E-state index contributed by atoms with van der Waals surface area (Å²) in [5, 5.41) is 9.63. The van der Waals surface area contributed by atoms with Crippen LogP contribution in [0.3, 0.4) is 0 Å². The van der Waals surface area contributed by atoms with Crippen LogP contribution in [0, 0.1) is 0 Å². The predicted octanol–water partition coefficient (Wildman–Crippen LogP) is -0.654. The summed E-state index contributed by atoms with van der Waals surface area (Å²) in [6.07, 6.45) is 4.78. The summed E-state index contributed by atoms with van der Waals surface area (Å²) < 4.78 is -0.620. The van der Waals surface area contributed by atoms with Gasteiger partial charge < -0.3 is 10.8 Å². The Bertz CT molecular complexity index is 565. The molecule has 8 heteroatoms. The van der Waals surface area contributed by atoms with Crippen LogP contribution in [0.4, 0.5) is 0 Å². The van der Waals surface area contributed by atoms with Crippen LogP contribution >= 0.6 is 22.6 Å². The fourth-order valence-electron chi connectivity index (χ4n) is 2.11. The molecule has 0 aromatic rings. The molecule has 0 radical (unpaired) electrons. The number of alkyl halides is 1. The molecule has 5 N–H and O–H groups in total. The van der Waals surface area contributed by atoms with E-state index in [1.54, 1.807) is 6.08 Å². The molecule has 0 spiro atoms. The Morgan fingerprint density at radius 3 is 2.89 bits per heavy atom. The first kappa shape index (κ1) is 11.9. The number of nitrogens with two attached hydrogens (primary N) is 2. The number of fused-ring (bicyclic) bond motifs is 1. The second kappa shape index (κ2) is 3.68. The molecule has 0 saturated carbocycles. The van der Waals surface area contributed by atoms with Gasteiger partial charge in [-0.05, 0) is 0 Å². The molecule has 2 heterocycles. The number of rotatable bonds is 1. The molecule has 3 rings (SSSR count). The van der Waals surface area contributed by atoms with Gasteiger partial charge in [-0.3, -0.25) is 5.73 Å². The zero-order chi connectivity index (χ0) is 13.0. The third-order valence-electron chi connectivity index (χ3n) is 3.09. The minimum atomic E-state index is -1.26. The summed E-state index contributed by atoms with van der Waals surface area (Å²) in [6, 6.07) is 0. The van der Waals surface area contributed by atoms with Gasteiger partial charge in [-0.1, -0.05) is 34.7 Å². The van der Waals surface area contributed by atoms with Crippen molar-refractivity contribution < 1.29 is 5.11 Å². The van der Waals surface area contributed by atoms with Gasteiger partial charge in [0.2, 0.25) is 5.79 Å². The molecule has 1 aliphatic carbocycles. The molecule has 0 fully saturated rings. The number of hydrogen-bond donors (Lipinski definition) is 3. The SMILES string of the molecule is NC1=NC(N)(C2(I)C=CC(O)C2)N=C2N=CN=C12. The Morgan fingerprint density at radius 1 is 1.44 bits per heavy atom. The molecular formula is C10H11IN6O. The second-order valence-electron chi connectivity index (χ2n) is 4.37. The lowest BCUT2D eigenvalue weighted by Gasteiger charge is -2.36. The van der Waals surface area contributed by atoms with E-state index in [2.05, 4.69) is 42.6 Å². The van der Waals surface area contributed by atoms with E-state index in [1.807, 2.05) is 6.08 Å². The normalized spacial score (nSPS) is 41.5. The Morgan fingerprint density at radius 2 is 2.22 bits per heavy atom. The summed E-state index contributed by atoms with van der Waals surface area (Å²) >= 11 is 2.15. The van der Waals surface area contributed by atoms with Gasteiger partial charge in [0.1, 0.15) is 9.76 Å². The van der Waals surface area contributed by atoms with Crippen molar-refractivity contribution in [3.63, 3.8) is 0 Å². The molecule has 0 saturated heterocycles. The highest BCUT2D eigenvalue weighted by Gasteiger charge is 2.51. The van der Waals surface area contributed by atoms with Gasteiger partial charge in [-0.2, -0.15) is 0 Å². The van der Waals surface area contributed by atoms with Crippen molar-refractivity contribution in [3.8, 4) is 0 Å². The second-order valence-corrected chi connectivity index (χ2v) is 6.30. The van der Waals surface area contributed by atoms with Crippen molar-refractivity contribution in [1.82, 2.24) is 0 Å². The van der Waals surface area contributed by atoms with Crippen molar-refractivity contribution in [2.45, 2.75) is 21.7 Å². The minimum Gasteiger partial charge on any atom is -0.389 e. The molecule has 0 aromatic heterocycles. The third kappa shape index (κ3) is 1.56. The molecule has 3 atom stereocenters. The highest BCUT2D eigenvalue weighted by molar-refractivity contribution is 14.1. The van der Waals surface area contributed by atoms with E-state index >= 15 is 0 Å². The van der Waals surface area contributed by atoms with Crippen LogP contribution in [0.1, 0.15) is 6.42 Å². The monoisotopic (exact) mass is 358 g/mol. The smallest absolute Gasteiger partial charge is 0.224 e. The van der Waals surface area contributed by atoms with Gasteiger partial charge in [0.25, 0.3) is 0 Å². The van der Waals surface area contributed by atoms with Crippen LogP contribution in [0.5, 0.6) is 0 Å². The number of halogens is 1. The first-order chi connectivity index (χ1) is 8.44. The summed E-state index contributed by atoms with van der Waals surface area (Å²) in [4.78, 5) is 16.6. The van der Waals surface area contributed by atoms with Gasteiger partial charge in [0.05, 0.1) is 6.10 Å². The van der Waals surface area contributed by atoms with Crippen molar-refractivity contribution in [2.75, 3.05) is 0 Å². The first-order valence-electron chi connectivity index (χ1n) is 5.35. The highest BCUT2D eigenvalue weighted by Crippen LogP contribution is 2.43. The topological polar surface area (TPSA) is 122 Å². The Balaban J connectivity index is 2.07. The fraction of sp³-hybridized carbons (Fsp3) is 0.400. The largest absolute Gasteiger partial charge is 0.389 e. The minimum absolute atomic E-state index is 0.228. The molecule has 3 unspecified atom stereocenters. The molecule has 94 valence electrons. The average Bonchev–Trinajstić information content (AvgIpc) is 2.86. The maximum absolute atomic E-state index is 9.63. The van der Waals surface area contributed by atoms with Crippen molar-refractivity contribution >= 4 is 46.3 Å². The maximum atomic E-state index is 9.63. The van der Waals surface area contributed by atoms with E-state index in [0.29, 0.717) is 18.0 Å². The van der Waals surface area contributed by atoms with Gasteiger partial charge >= 0.3 is 0 Å². The highest BCUT2D eigenvalue weighted by atomic mass is 127. The lowest BCUT2D eigenvalue weighted by atomic mass is 9.99. The fourth-order valence-corrected chi connectivity index (χ4v) is 3.01. The lowest BCUT2D eigenvalue weighted by Crippen LogP contribution is -2.57. The van der Waals surface area contributed by atoms with Crippen LogP contribution in [0.15, 0.2) is 32.1 Å². The van der Waals surface area contributed by atoms with Gasteiger partial charge in [0, 0.05) is 6.42 Å². The third-order valence-corrected chi connectivity index (χ3v) is 4.68. The molecule has 0 aromatic carbocycles. The number of aliphatic hydroxyl groups is 1. The van der Waals surface area contributed by atoms with Crippen LogP contribution in [-0.4, -0.2) is 44.1 Å². The van der Waals surface area contributed by atoms with E-state index in [0.717, 1.165) is 0 Å². The predicted molar refractivity (Wildman–Crippen MR) is 78.4 cm³/mol. The molecule has 18 heavy (non-hydrogen) atoms. The quantitative estimate of drug-likeness (QED) is 0.328. The Kier molecular flexibility index (Phi) is 2.44. The zero-order valence-corrected chi connectivity index (χ0v) is 11.4. The van der Waals surface area contributed by atoms with E-state index in [1.165, 1.54) is 6.34 Å². The van der Waals surface area contributed by atoms with Gasteiger partial charge in [-0.15, -0.1) is 0 Å². The maximum Gasteiger partial charge on any atom is 0.224 e. The number of amidine groups is 2. The van der Waals surface area contributed by atoms with E-state index < -0.39 is 15.3 Å². The Hall–Kier alpha value is -1.13. The Labute approximate surface area is 117 Å². The summed E-state index contributed by atoms with van der Waals surface area (Å²) in [6.45, 7) is 0. The average molecular weight is 358 g/mol. The van der Waals surface area contributed by atoms with Crippen LogP contribution < -0.4 is 11.5 Å². The summed E-state index contributed by atoms with van der Waals surface area (Å²) in [5.41, 5.74) is 12.6. The van der Waals surface area contributed by atoms with Gasteiger partial charge in [0.15, 0.2) is 17.4 Å². The van der Waals surface area contributed by atoms with E-state index in [9.17, 15) is 5.11 Å². The first-order valence-corrected chi connectivity index (χ1v) is 6.43. The van der Waals surface area contributed by atoms with Crippen molar-refractivity contribution in [2.24, 2.45) is 31.4 Å². The lowest BCUT2D eigenvalue weighted by molar-refractivity contribution is 0.202. The molecule has 7 nitrogen and oxygen atoms in total. The van der Waals surface area contributed by atoms with E-state index in [-0.39, 0.29) is 5.84 Å². The number of hydrogen-bond acceptors (Lipinski definition) is 7. The van der Waals surface area contributed by atoms with Crippen molar-refractivity contribution in [3.05, 3.63) is 12.2 Å². The molecule has 0 amide bonds. The number of aliphatic imine (C=N–C) groups is 4. The van der Waals surface area contributed by atoms with Crippen molar-refractivity contribution in [1.29, 1.82) is 0 Å². The van der Waals surface area contributed by atoms with Crippen LogP contribution in [-0.2, 0) is 0 Å². The number of aliphatic hydroxyl groups excluding tert-OH is 1. The van der Waals surface area contributed by atoms with Crippen LogP contribution in [0.25, 0.3) is 0 Å². The molecule has 0 bridgehead atoms. The van der Waals surface area contributed by atoms with E-state index in [4.69, 9.17) is 11.5 Å². The standard InChI is InChI=1S/C10H11IN6O/c11-9(2-1-5(18)3-9)10(13)16-7(12)6-8(17-10)15-4-14-6/h1-2,4-5,18H,3,13H2,(H2,12,16). The molecule has 2 aliphatic heterocycles. The zero-order valence-electron chi connectivity index (χ0n) is 9.29. The molecule has 3 aliphatic rings. The summed E-state index contributed by atoms with van der Waals surface area (Å²) in [5.74, 6) is -0.636. The van der Waals surface area contributed by atoms with Gasteiger partial charge in [-0.25, -0.2) is 20.0 Å². The summed E-state index contributed by atoms with van der Waals surface area (Å²) in [7, 11) is 0.